The number of rotatable bonds is 1. The number of fused-ring (bicyclic) bond motifs is 1. The minimum atomic E-state index is -0.505. The molecule has 0 radical (unpaired) electrons. The first-order valence-electron chi connectivity index (χ1n) is 4.33. The third-order valence-corrected chi connectivity index (χ3v) is 2.08. The molecular formula is C9H6FN5. The summed E-state index contributed by atoms with van der Waals surface area (Å²) in [7, 11) is 0. The van der Waals surface area contributed by atoms with Crippen LogP contribution in [0.2, 0.25) is 0 Å². The molecule has 3 aromatic rings. The van der Waals surface area contributed by atoms with Crippen molar-refractivity contribution in [3.05, 3.63) is 36.8 Å². The molecule has 3 heterocycles. The van der Waals surface area contributed by atoms with Gasteiger partial charge in [0.25, 0.3) is 0 Å². The number of hydrogen-bond acceptors (Lipinski definition) is 3. The van der Waals surface area contributed by atoms with Crippen molar-refractivity contribution in [2.45, 2.75) is 0 Å². The molecule has 0 fully saturated rings. The Kier molecular flexibility index (Phi) is 1.55. The van der Waals surface area contributed by atoms with Gasteiger partial charge >= 0.3 is 0 Å². The number of imidazole rings is 1. The summed E-state index contributed by atoms with van der Waals surface area (Å²) in [5, 5.41) is 4.18. The Morgan fingerprint density at radius 3 is 2.93 bits per heavy atom. The Hall–Kier alpha value is -2.24. The van der Waals surface area contributed by atoms with Crippen LogP contribution < -0.4 is 0 Å². The van der Waals surface area contributed by atoms with E-state index in [1.165, 1.54) is 12.3 Å². The number of nitrogens with zero attached hydrogens (tertiary/aromatic N) is 4. The Balaban J connectivity index is 2.13. The highest BCUT2D eigenvalue weighted by molar-refractivity contribution is 5.69. The van der Waals surface area contributed by atoms with E-state index in [0.717, 1.165) is 5.52 Å². The predicted molar refractivity (Wildman–Crippen MR) is 51.0 cm³/mol. The van der Waals surface area contributed by atoms with Crippen molar-refractivity contribution in [2.24, 2.45) is 0 Å². The molecule has 1 N–H and O–H groups in total. The number of H-pyrrole nitrogens is 1. The first kappa shape index (κ1) is 8.10. The molecule has 15 heavy (non-hydrogen) atoms. The second-order valence-corrected chi connectivity index (χ2v) is 3.05. The van der Waals surface area contributed by atoms with Crippen molar-refractivity contribution < 1.29 is 4.39 Å². The summed E-state index contributed by atoms with van der Waals surface area (Å²) >= 11 is 0. The molecule has 0 spiro atoms. The Bertz CT molecular complexity index is 566. The van der Waals surface area contributed by atoms with Crippen LogP contribution in [-0.2, 0) is 0 Å². The van der Waals surface area contributed by atoms with Crippen LogP contribution in [0.25, 0.3) is 16.9 Å². The molecule has 0 aliphatic heterocycles. The molecule has 0 aromatic carbocycles. The van der Waals surface area contributed by atoms with Gasteiger partial charge in [-0.3, -0.25) is 0 Å². The number of pyridine rings is 1. The topological polar surface area (TPSA) is 59.4 Å². The minimum absolute atomic E-state index is 0.505. The third-order valence-electron chi connectivity index (χ3n) is 2.08. The molecule has 6 heteroatoms. The van der Waals surface area contributed by atoms with Crippen LogP contribution in [0.3, 0.4) is 0 Å². The zero-order valence-electron chi connectivity index (χ0n) is 7.55. The third kappa shape index (κ3) is 1.26. The van der Waals surface area contributed by atoms with E-state index in [4.69, 9.17) is 0 Å². The number of hydrogen-bond donors (Lipinski definition) is 1. The lowest BCUT2D eigenvalue weighted by atomic mass is 10.4. The zero-order valence-corrected chi connectivity index (χ0v) is 7.55. The zero-order chi connectivity index (χ0) is 10.3. The number of aromatic nitrogens is 5. The van der Waals surface area contributed by atoms with E-state index >= 15 is 0 Å². The van der Waals surface area contributed by atoms with Crippen LogP contribution in [0.1, 0.15) is 0 Å². The van der Waals surface area contributed by atoms with Crippen LogP contribution in [-0.4, -0.2) is 24.7 Å². The molecule has 0 unspecified atom stereocenters. The highest BCUT2D eigenvalue weighted by atomic mass is 19.1. The van der Waals surface area contributed by atoms with Gasteiger partial charge in [-0.05, 0) is 12.1 Å². The van der Waals surface area contributed by atoms with Crippen molar-refractivity contribution in [2.75, 3.05) is 0 Å². The lowest BCUT2D eigenvalue weighted by molar-refractivity contribution is 0.582. The number of halogens is 1. The number of nitrogens with one attached hydrogen (secondary N) is 1. The lowest BCUT2D eigenvalue weighted by Crippen LogP contribution is -1.96. The highest BCUT2D eigenvalue weighted by Gasteiger charge is 2.04. The molecule has 5 nitrogen and oxygen atoms in total. The Labute approximate surface area is 83.6 Å². The van der Waals surface area contributed by atoms with Gasteiger partial charge in [0.15, 0.2) is 5.65 Å². The minimum Gasteiger partial charge on any atom is -0.342 e. The Morgan fingerprint density at radius 1 is 1.27 bits per heavy atom. The normalized spacial score (nSPS) is 11.0. The lowest BCUT2D eigenvalue weighted by Gasteiger charge is -1.98. The van der Waals surface area contributed by atoms with E-state index in [0.29, 0.717) is 11.3 Å². The molecule has 0 aliphatic rings. The number of aromatic amines is 1. The summed E-state index contributed by atoms with van der Waals surface area (Å²) in [6.07, 6.45) is 4.77. The second-order valence-electron chi connectivity index (χ2n) is 3.05. The van der Waals surface area contributed by atoms with Gasteiger partial charge in [-0.2, -0.15) is 4.39 Å². The summed E-state index contributed by atoms with van der Waals surface area (Å²) < 4.78 is 14.2. The van der Waals surface area contributed by atoms with Crippen molar-refractivity contribution in [3.63, 3.8) is 0 Å². The Morgan fingerprint density at radius 2 is 2.20 bits per heavy atom. The van der Waals surface area contributed by atoms with Crippen LogP contribution in [0, 0.1) is 5.95 Å². The average molecular weight is 203 g/mol. The molecule has 0 aliphatic carbocycles. The molecular weight excluding hydrogens is 197 g/mol. The fourth-order valence-corrected chi connectivity index (χ4v) is 1.36. The van der Waals surface area contributed by atoms with Gasteiger partial charge < -0.3 is 4.98 Å². The van der Waals surface area contributed by atoms with Gasteiger partial charge in [0.2, 0.25) is 5.95 Å². The quantitative estimate of drug-likeness (QED) is 0.606. The first-order chi connectivity index (χ1) is 7.33. The van der Waals surface area contributed by atoms with Gasteiger partial charge in [-0.25, -0.2) is 14.6 Å². The van der Waals surface area contributed by atoms with E-state index in [9.17, 15) is 4.39 Å². The van der Waals surface area contributed by atoms with E-state index in [1.807, 2.05) is 0 Å². The summed E-state index contributed by atoms with van der Waals surface area (Å²) in [4.78, 5) is 10.5. The maximum absolute atomic E-state index is 12.6. The molecule has 0 atom stereocenters. The van der Waals surface area contributed by atoms with Gasteiger partial charge in [0.05, 0.1) is 24.4 Å². The molecule has 0 bridgehead atoms. The largest absolute Gasteiger partial charge is 0.342 e. The van der Waals surface area contributed by atoms with E-state index in [-0.39, 0.29) is 0 Å². The standard InChI is InChI=1S/C9H6FN5/c10-8-2-1-6(3-11-8)15-4-7-9(14-15)13-5-12-7/h1-5H,(H,12,13,14). The van der Waals surface area contributed by atoms with Crippen molar-refractivity contribution in [1.82, 2.24) is 24.7 Å². The van der Waals surface area contributed by atoms with Crippen LogP contribution >= 0.6 is 0 Å². The molecule has 0 amide bonds. The fraction of sp³-hybridized carbons (Fsp3) is 0. The monoisotopic (exact) mass is 203 g/mol. The second kappa shape index (κ2) is 2.88. The summed E-state index contributed by atoms with van der Waals surface area (Å²) in [5.74, 6) is -0.505. The van der Waals surface area contributed by atoms with E-state index in [2.05, 4.69) is 20.1 Å². The maximum atomic E-state index is 12.6. The fourth-order valence-electron chi connectivity index (χ4n) is 1.36. The van der Waals surface area contributed by atoms with Crippen molar-refractivity contribution >= 4 is 11.2 Å². The van der Waals surface area contributed by atoms with E-state index in [1.54, 1.807) is 23.3 Å². The van der Waals surface area contributed by atoms with Crippen molar-refractivity contribution in [1.29, 1.82) is 0 Å². The van der Waals surface area contributed by atoms with Crippen molar-refractivity contribution in [3.8, 4) is 5.69 Å². The molecule has 3 rings (SSSR count). The summed E-state index contributed by atoms with van der Waals surface area (Å²) in [6.45, 7) is 0. The summed E-state index contributed by atoms with van der Waals surface area (Å²) in [6, 6.07) is 2.90. The summed E-state index contributed by atoms with van der Waals surface area (Å²) in [5.41, 5.74) is 2.15. The van der Waals surface area contributed by atoms with Crippen LogP contribution in [0.15, 0.2) is 30.9 Å². The average Bonchev–Trinajstić information content (AvgIpc) is 2.78. The van der Waals surface area contributed by atoms with Crippen LogP contribution in [0.5, 0.6) is 0 Å². The van der Waals surface area contributed by atoms with Gasteiger partial charge in [0, 0.05) is 0 Å². The van der Waals surface area contributed by atoms with E-state index < -0.39 is 5.95 Å². The van der Waals surface area contributed by atoms with Gasteiger partial charge in [0.1, 0.15) is 5.52 Å². The maximum Gasteiger partial charge on any atom is 0.212 e. The predicted octanol–water partition coefficient (Wildman–Crippen LogP) is 1.28. The molecule has 0 saturated carbocycles. The van der Waals surface area contributed by atoms with Gasteiger partial charge in [-0.15, -0.1) is 5.10 Å². The van der Waals surface area contributed by atoms with Gasteiger partial charge in [-0.1, -0.05) is 0 Å². The molecule has 3 aromatic heterocycles. The first-order valence-corrected chi connectivity index (χ1v) is 4.33. The van der Waals surface area contributed by atoms with Crippen LogP contribution in [0.4, 0.5) is 4.39 Å². The smallest absolute Gasteiger partial charge is 0.212 e. The molecule has 0 saturated heterocycles. The molecule has 74 valence electrons. The highest BCUT2D eigenvalue weighted by Crippen LogP contribution is 2.11. The SMILES string of the molecule is Fc1ccc(-n2cc3[nH]cnc3n2)cn1.